The molecular weight excluding hydrogens is 262 g/mol. The van der Waals surface area contributed by atoms with Gasteiger partial charge in [0.2, 0.25) is 5.91 Å². The van der Waals surface area contributed by atoms with Gasteiger partial charge in [-0.3, -0.25) is 9.59 Å². The van der Waals surface area contributed by atoms with Crippen molar-refractivity contribution >= 4 is 11.7 Å². The minimum Gasteiger partial charge on any atom is -0.342 e. The number of nitrogens with zero attached hydrogens (tertiary/aromatic N) is 1. The van der Waals surface area contributed by atoms with Crippen LogP contribution in [0.4, 0.5) is 0 Å². The minimum atomic E-state index is -0.0509. The van der Waals surface area contributed by atoms with E-state index in [1.165, 1.54) is 0 Å². The maximum atomic E-state index is 12.5. The highest BCUT2D eigenvalue weighted by atomic mass is 16.2. The number of Topliss-reactive ketones (excluding diaryl/α,β-unsaturated/α-hetero) is 1. The maximum Gasteiger partial charge on any atom is 0.223 e. The van der Waals surface area contributed by atoms with Gasteiger partial charge in [-0.2, -0.15) is 0 Å². The molecule has 2 rings (SSSR count). The highest BCUT2D eigenvalue weighted by Crippen LogP contribution is 2.25. The summed E-state index contributed by atoms with van der Waals surface area (Å²) < 4.78 is 0. The zero-order valence-corrected chi connectivity index (χ0v) is 13.3. The van der Waals surface area contributed by atoms with E-state index in [-0.39, 0.29) is 23.0 Å². The van der Waals surface area contributed by atoms with Gasteiger partial charge in [0.05, 0.1) is 0 Å². The first-order valence-electron chi connectivity index (χ1n) is 7.74. The van der Waals surface area contributed by atoms with Crippen LogP contribution in [0.25, 0.3) is 0 Å². The molecule has 0 saturated carbocycles. The van der Waals surface area contributed by atoms with Crippen LogP contribution in [0.2, 0.25) is 0 Å². The summed E-state index contributed by atoms with van der Waals surface area (Å²) in [7, 11) is 0. The van der Waals surface area contributed by atoms with Crippen molar-refractivity contribution in [3.05, 3.63) is 35.9 Å². The summed E-state index contributed by atoms with van der Waals surface area (Å²) in [6.07, 6.45) is 2.34. The van der Waals surface area contributed by atoms with Crippen molar-refractivity contribution < 1.29 is 9.59 Å². The number of carbonyl (C=O) groups excluding carboxylic acids is 2. The second-order valence-electron chi connectivity index (χ2n) is 7.15. The van der Waals surface area contributed by atoms with Crippen molar-refractivity contribution in [2.24, 2.45) is 11.3 Å². The van der Waals surface area contributed by atoms with Gasteiger partial charge < -0.3 is 4.90 Å². The molecule has 1 aromatic rings. The van der Waals surface area contributed by atoms with E-state index in [0.717, 1.165) is 24.9 Å². The van der Waals surface area contributed by atoms with Gasteiger partial charge in [-0.05, 0) is 18.3 Å². The number of hydrogen-bond acceptors (Lipinski definition) is 2. The summed E-state index contributed by atoms with van der Waals surface area (Å²) in [6.45, 7) is 7.57. The van der Waals surface area contributed by atoms with Crippen molar-refractivity contribution in [1.29, 1.82) is 0 Å². The summed E-state index contributed by atoms with van der Waals surface area (Å²) in [6, 6.07) is 9.41. The number of likely N-dealkylation sites (tertiary alicyclic amines) is 1. The van der Waals surface area contributed by atoms with Crippen LogP contribution in [0.1, 0.15) is 50.4 Å². The molecule has 1 amide bonds. The molecule has 1 fully saturated rings. The van der Waals surface area contributed by atoms with Gasteiger partial charge in [0, 0.05) is 31.0 Å². The molecule has 21 heavy (non-hydrogen) atoms. The van der Waals surface area contributed by atoms with Crippen molar-refractivity contribution in [3.8, 4) is 0 Å². The molecule has 1 unspecified atom stereocenters. The summed E-state index contributed by atoms with van der Waals surface area (Å²) >= 11 is 0. The van der Waals surface area contributed by atoms with Gasteiger partial charge in [-0.15, -0.1) is 0 Å². The fraction of sp³-hybridized carbons (Fsp3) is 0.556. The van der Waals surface area contributed by atoms with Crippen LogP contribution in [-0.4, -0.2) is 29.7 Å². The molecule has 3 heteroatoms. The third kappa shape index (κ3) is 4.42. The van der Waals surface area contributed by atoms with Gasteiger partial charge in [0.15, 0.2) is 5.78 Å². The Labute approximate surface area is 127 Å². The normalized spacial score (nSPS) is 19.4. The van der Waals surface area contributed by atoms with E-state index in [0.29, 0.717) is 13.0 Å². The number of hydrogen-bond donors (Lipinski definition) is 0. The van der Waals surface area contributed by atoms with Gasteiger partial charge in [0.25, 0.3) is 0 Å². The molecule has 0 aromatic heterocycles. The Bertz CT molecular complexity index is 502. The van der Waals surface area contributed by atoms with Crippen LogP contribution in [-0.2, 0) is 4.79 Å². The number of piperidine rings is 1. The predicted molar refractivity (Wildman–Crippen MR) is 84.1 cm³/mol. The monoisotopic (exact) mass is 287 g/mol. The molecule has 0 bridgehead atoms. The lowest BCUT2D eigenvalue weighted by Crippen LogP contribution is -2.43. The zero-order valence-electron chi connectivity index (χ0n) is 13.3. The Kier molecular flexibility index (Phi) is 4.81. The second kappa shape index (κ2) is 6.42. The standard InChI is InChI=1S/C18H25NO2/c1-18(2,3)12-16(20)19-11-7-10-15(13-19)17(21)14-8-5-4-6-9-14/h4-6,8-9,15H,7,10-13H2,1-3H3. The summed E-state index contributed by atoms with van der Waals surface area (Å²) in [5.41, 5.74) is 0.751. The lowest BCUT2D eigenvalue weighted by molar-refractivity contribution is -0.134. The van der Waals surface area contributed by atoms with Gasteiger partial charge in [-0.1, -0.05) is 51.1 Å². The van der Waals surface area contributed by atoms with E-state index in [4.69, 9.17) is 0 Å². The van der Waals surface area contributed by atoms with Gasteiger partial charge in [-0.25, -0.2) is 0 Å². The average molecular weight is 287 g/mol. The van der Waals surface area contributed by atoms with Crippen molar-refractivity contribution in [2.75, 3.05) is 13.1 Å². The van der Waals surface area contributed by atoms with Crippen LogP contribution in [0.15, 0.2) is 30.3 Å². The topological polar surface area (TPSA) is 37.4 Å². The van der Waals surface area contributed by atoms with E-state index < -0.39 is 0 Å². The molecule has 1 saturated heterocycles. The molecule has 0 aliphatic carbocycles. The minimum absolute atomic E-state index is 0.00648. The molecule has 0 spiro atoms. The number of carbonyl (C=O) groups is 2. The first-order chi connectivity index (χ1) is 9.87. The maximum absolute atomic E-state index is 12.5. The van der Waals surface area contributed by atoms with Gasteiger partial charge in [0.1, 0.15) is 0 Å². The molecule has 1 atom stereocenters. The van der Waals surface area contributed by atoms with Crippen molar-refractivity contribution in [3.63, 3.8) is 0 Å². The predicted octanol–water partition coefficient (Wildman–Crippen LogP) is 3.54. The van der Waals surface area contributed by atoms with Crippen LogP contribution in [0.5, 0.6) is 0 Å². The molecule has 1 aromatic carbocycles. The largest absolute Gasteiger partial charge is 0.342 e. The van der Waals surface area contributed by atoms with E-state index in [1.807, 2.05) is 35.2 Å². The lowest BCUT2D eigenvalue weighted by atomic mass is 9.88. The third-order valence-corrected chi connectivity index (χ3v) is 3.88. The first kappa shape index (κ1) is 15.7. The quantitative estimate of drug-likeness (QED) is 0.797. The molecule has 0 N–H and O–H groups in total. The van der Waals surface area contributed by atoms with Crippen molar-refractivity contribution in [1.82, 2.24) is 4.90 Å². The van der Waals surface area contributed by atoms with Crippen LogP contribution < -0.4 is 0 Å². The van der Waals surface area contributed by atoms with Crippen LogP contribution in [0.3, 0.4) is 0 Å². The smallest absolute Gasteiger partial charge is 0.223 e. The molecule has 1 heterocycles. The van der Waals surface area contributed by atoms with E-state index in [1.54, 1.807) is 0 Å². The van der Waals surface area contributed by atoms with E-state index >= 15 is 0 Å². The summed E-state index contributed by atoms with van der Waals surface area (Å²) in [4.78, 5) is 26.7. The number of amides is 1. The Morgan fingerprint density at radius 3 is 2.48 bits per heavy atom. The molecule has 3 nitrogen and oxygen atoms in total. The Morgan fingerprint density at radius 2 is 1.86 bits per heavy atom. The zero-order chi connectivity index (χ0) is 15.5. The second-order valence-corrected chi connectivity index (χ2v) is 7.15. The Hall–Kier alpha value is -1.64. The molecule has 1 aliphatic rings. The Morgan fingerprint density at radius 1 is 1.19 bits per heavy atom. The number of ketones is 1. The van der Waals surface area contributed by atoms with Gasteiger partial charge >= 0.3 is 0 Å². The molecule has 114 valence electrons. The fourth-order valence-corrected chi connectivity index (χ4v) is 2.82. The lowest BCUT2D eigenvalue weighted by Gasteiger charge is -2.33. The molecular formula is C18H25NO2. The van der Waals surface area contributed by atoms with Crippen LogP contribution >= 0.6 is 0 Å². The SMILES string of the molecule is CC(C)(C)CC(=O)N1CCCC(C(=O)c2ccccc2)C1. The molecule has 0 radical (unpaired) electrons. The summed E-state index contributed by atoms with van der Waals surface area (Å²) in [5, 5.41) is 0. The molecule has 1 aliphatic heterocycles. The number of benzene rings is 1. The first-order valence-corrected chi connectivity index (χ1v) is 7.74. The third-order valence-electron chi connectivity index (χ3n) is 3.88. The van der Waals surface area contributed by atoms with E-state index in [9.17, 15) is 9.59 Å². The fourth-order valence-electron chi connectivity index (χ4n) is 2.82. The van der Waals surface area contributed by atoms with Crippen molar-refractivity contribution in [2.45, 2.75) is 40.0 Å². The summed E-state index contributed by atoms with van der Waals surface area (Å²) in [5.74, 6) is 0.294. The van der Waals surface area contributed by atoms with E-state index in [2.05, 4.69) is 20.8 Å². The van der Waals surface area contributed by atoms with Crippen LogP contribution in [0, 0.1) is 11.3 Å². The highest BCUT2D eigenvalue weighted by molar-refractivity contribution is 5.98. The number of rotatable bonds is 3. The highest BCUT2D eigenvalue weighted by Gasteiger charge is 2.30. The Balaban J connectivity index is 2.01. The average Bonchev–Trinajstić information content (AvgIpc) is 2.46.